The predicted octanol–water partition coefficient (Wildman–Crippen LogP) is 0.908. The lowest BCUT2D eigenvalue weighted by Gasteiger charge is -2.35. The molecule has 6 heteroatoms. The molecule has 0 unspecified atom stereocenters. The summed E-state index contributed by atoms with van der Waals surface area (Å²) >= 11 is 0. The van der Waals surface area contributed by atoms with Crippen LogP contribution in [0.25, 0.3) is 0 Å². The lowest BCUT2D eigenvalue weighted by Crippen LogP contribution is -2.57. The van der Waals surface area contributed by atoms with Gasteiger partial charge in [-0.25, -0.2) is 5.32 Å². The van der Waals surface area contributed by atoms with Crippen molar-refractivity contribution >= 4 is 17.6 Å². The van der Waals surface area contributed by atoms with E-state index in [2.05, 4.69) is 10.6 Å². The number of hydrogen-bond donors (Lipinski definition) is 2. The molecule has 0 bridgehead atoms. The van der Waals surface area contributed by atoms with E-state index in [9.17, 15) is 19.5 Å². The minimum absolute atomic E-state index is 0.00782. The fraction of sp³-hybridized carbons (Fsp3) is 0.471. The van der Waals surface area contributed by atoms with Gasteiger partial charge in [0.25, 0.3) is 5.91 Å². The van der Waals surface area contributed by atoms with Gasteiger partial charge in [0.2, 0.25) is 5.91 Å². The zero-order valence-corrected chi connectivity index (χ0v) is 13.4. The Morgan fingerprint density at radius 3 is 2.48 bits per heavy atom. The van der Waals surface area contributed by atoms with E-state index in [1.165, 1.54) is 13.0 Å². The molecule has 2 N–H and O–H groups in total. The van der Waals surface area contributed by atoms with Gasteiger partial charge in [0.05, 0.1) is 18.1 Å². The normalized spacial score (nSPS) is 21.3. The zero-order chi connectivity index (χ0) is 17.1. The monoisotopic (exact) mass is 317 g/mol. The molecule has 1 aliphatic heterocycles. The number of ketones is 1. The minimum Gasteiger partial charge on any atom is -0.393 e. The van der Waals surface area contributed by atoms with E-state index in [-0.39, 0.29) is 30.1 Å². The van der Waals surface area contributed by atoms with E-state index in [4.69, 9.17) is 0 Å². The molecule has 2 rings (SSSR count). The van der Waals surface area contributed by atoms with E-state index in [0.29, 0.717) is 11.1 Å². The summed E-state index contributed by atoms with van der Waals surface area (Å²) < 4.78 is 0. The molecule has 0 aromatic heterocycles. The van der Waals surface area contributed by atoms with Gasteiger partial charge in [-0.05, 0) is 32.9 Å². The topological polar surface area (TPSA) is 97.6 Å². The lowest BCUT2D eigenvalue weighted by molar-refractivity contribution is -0.140. The van der Waals surface area contributed by atoms with Gasteiger partial charge in [-0.3, -0.25) is 14.4 Å². The van der Waals surface area contributed by atoms with Crippen LogP contribution in [-0.4, -0.2) is 40.9 Å². The molecular formula is C17H21N2O4. The second kappa shape index (κ2) is 6.91. The van der Waals surface area contributed by atoms with Crippen molar-refractivity contribution in [3.8, 4) is 0 Å². The molecule has 1 aliphatic rings. The number of aliphatic hydroxyl groups is 1. The number of rotatable bonds is 6. The van der Waals surface area contributed by atoms with Crippen molar-refractivity contribution in [2.45, 2.75) is 45.4 Å². The van der Waals surface area contributed by atoms with Gasteiger partial charge in [0.1, 0.15) is 0 Å². The second-order valence-corrected chi connectivity index (χ2v) is 6.14. The maximum absolute atomic E-state index is 12.3. The van der Waals surface area contributed by atoms with Crippen LogP contribution in [0.1, 0.15) is 47.9 Å². The van der Waals surface area contributed by atoms with Gasteiger partial charge in [0, 0.05) is 23.6 Å². The highest BCUT2D eigenvalue weighted by Crippen LogP contribution is 2.25. The molecule has 1 radical (unpaired) electrons. The number of nitrogens with one attached hydrogen (secondary N) is 1. The minimum atomic E-state index is -0.819. The van der Waals surface area contributed by atoms with Crippen molar-refractivity contribution in [2.75, 3.05) is 0 Å². The summed E-state index contributed by atoms with van der Waals surface area (Å²) in [6.07, 6.45) is -0.766. The number of nitrogens with zero attached hydrogens (tertiary/aromatic N) is 1. The molecule has 3 atom stereocenters. The average molecular weight is 317 g/mol. The Kier molecular flexibility index (Phi) is 5.15. The van der Waals surface area contributed by atoms with Crippen LogP contribution in [0.15, 0.2) is 24.3 Å². The third kappa shape index (κ3) is 3.96. The van der Waals surface area contributed by atoms with Gasteiger partial charge in [-0.15, -0.1) is 0 Å². The number of aliphatic hydroxyl groups excluding tert-OH is 1. The summed E-state index contributed by atoms with van der Waals surface area (Å²) in [5.41, 5.74) is 0.818. The Labute approximate surface area is 135 Å². The molecule has 0 spiro atoms. The molecule has 1 aromatic carbocycles. The van der Waals surface area contributed by atoms with E-state index in [0.717, 1.165) is 0 Å². The van der Waals surface area contributed by atoms with Crippen LogP contribution in [0, 0.1) is 5.92 Å². The van der Waals surface area contributed by atoms with Crippen molar-refractivity contribution < 1.29 is 19.5 Å². The molecule has 6 nitrogen and oxygen atoms in total. The van der Waals surface area contributed by atoms with Crippen LogP contribution in [0.2, 0.25) is 0 Å². The second-order valence-electron chi connectivity index (χ2n) is 6.14. The third-order valence-electron chi connectivity index (χ3n) is 3.77. The van der Waals surface area contributed by atoms with Crippen LogP contribution in [0.5, 0.6) is 0 Å². The number of carbonyl (C=O) groups is 3. The van der Waals surface area contributed by atoms with Crippen molar-refractivity contribution in [1.82, 2.24) is 10.6 Å². The number of β-lactam (4-membered cyclic amide) rings is 1. The van der Waals surface area contributed by atoms with Crippen molar-refractivity contribution in [3.63, 3.8) is 0 Å². The molecular weight excluding hydrogens is 296 g/mol. The maximum Gasteiger partial charge on any atom is 0.251 e. The highest BCUT2D eigenvalue weighted by molar-refractivity contribution is 6.01. The van der Waals surface area contributed by atoms with E-state index in [1.807, 2.05) is 13.8 Å². The predicted molar refractivity (Wildman–Crippen MR) is 84.1 cm³/mol. The highest BCUT2D eigenvalue weighted by atomic mass is 16.3. The molecule has 0 saturated carbocycles. The molecule has 1 heterocycles. The van der Waals surface area contributed by atoms with Gasteiger partial charge >= 0.3 is 0 Å². The first-order valence-electron chi connectivity index (χ1n) is 7.66. The Morgan fingerprint density at radius 1 is 1.26 bits per heavy atom. The zero-order valence-electron chi connectivity index (χ0n) is 13.4. The Balaban J connectivity index is 2.06. The average Bonchev–Trinajstić information content (AvgIpc) is 2.45. The van der Waals surface area contributed by atoms with Crippen LogP contribution < -0.4 is 10.6 Å². The van der Waals surface area contributed by atoms with Gasteiger partial charge in [-0.2, -0.15) is 0 Å². The van der Waals surface area contributed by atoms with Crippen LogP contribution in [0.4, 0.5) is 0 Å². The number of hydrogen-bond acceptors (Lipinski definition) is 4. The first-order chi connectivity index (χ1) is 10.8. The molecule has 2 amide bonds. The number of benzene rings is 1. The summed E-state index contributed by atoms with van der Waals surface area (Å²) in [6.45, 7) is 5.24. The van der Waals surface area contributed by atoms with Crippen molar-refractivity contribution in [3.05, 3.63) is 35.4 Å². The largest absolute Gasteiger partial charge is 0.393 e. The fourth-order valence-corrected chi connectivity index (χ4v) is 2.60. The molecule has 1 saturated heterocycles. The van der Waals surface area contributed by atoms with E-state index < -0.39 is 18.1 Å². The molecule has 1 fully saturated rings. The summed E-state index contributed by atoms with van der Waals surface area (Å²) in [4.78, 5) is 35.7. The fourth-order valence-electron chi connectivity index (χ4n) is 2.60. The SMILES string of the molecule is CC(C)NC(=O)c1cccc(C(=O)C[C@H]2[N]C(=O)[C@@H]2[C@@H](C)O)c1. The van der Waals surface area contributed by atoms with Crippen LogP contribution in [0.3, 0.4) is 0 Å². The van der Waals surface area contributed by atoms with E-state index >= 15 is 0 Å². The smallest absolute Gasteiger partial charge is 0.251 e. The molecule has 123 valence electrons. The first-order valence-corrected chi connectivity index (χ1v) is 7.66. The number of amides is 2. The summed E-state index contributed by atoms with van der Waals surface area (Å²) in [6, 6.07) is 5.99. The van der Waals surface area contributed by atoms with Crippen molar-refractivity contribution in [1.29, 1.82) is 0 Å². The number of Topliss-reactive ketones (excluding diaryl/α,β-unsaturated/α-hetero) is 1. The van der Waals surface area contributed by atoms with Crippen molar-refractivity contribution in [2.24, 2.45) is 5.92 Å². The summed E-state index contributed by atoms with van der Waals surface area (Å²) in [5.74, 6) is -1.40. The first kappa shape index (κ1) is 17.1. The lowest BCUT2D eigenvalue weighted by atomic mass is 9.82. The van der Waals surface area contributed by atoms with Gasteiger partial charge in [-0.1, -0.05) is 12.1 Å². The number of carbonyl (C=O) groups excluding carboxylic acids is 3. The Hall–Kier alpha value is -2.21. The van der Waals surface area contributed by atoms with Crippen LogP contribution in [-0.2, 0) is 4.79 Å². The maximum atomic E-state index is 12.3. The Morgan fingerprint density at radius 2 is 1.91 bits per heavy atom. The Bertz CT molecular complexity index is 625. The van der Waals surface area contributed by atoms with Gasteiger partial charge < -0.3 is 10.4 Å². The third-order valence-corrected chi connectivity index (χ3v) is 3.77. The molecule has 1 aromatic rings. The quantitative estimate of drug-likeness (QED) is 0.602. The highest BCUT2D eigenvalue weighted by Gasteiger charge is 2.45. The standard InChI is InChI=1S/C17H21N2O4/c1-9(2)18-16(22)12-6-4-5-11(7-12)14(21)8-13-15(10(3)20)17(23)19-13/h4-7,9-10,13,15,20H,8H2,1-3H3,(H,18,22)/t10-,13-,15-/m1/s1. The van der Waals surface area contributed by atoms with Crippen LogP contribution >= 0.6 is 0 Å². The summed E-state index contributed by atoms with van der Waals surface area (Å²) in [7, 11) is 0. The summed E-state index contributed by atoms with van der Waals surface area (Å²) in [5, 5.41) is 16.1. The van der Waals surface area contributed by atoms with Gasteiger partial charge in [0.15, 0.2) is 5.78 Å². The molecule has 23 heavy (non-hydrogen) atoms. The molecule has 0 aliphatic carbocycles. The van der Waals surface area contributed by atoms with E-state index in [1.54, 1.807) is 18.2 Å².